The van der Waals surface area contributed by atoms with Gasteiger partial charge in [-0.05, 0) is 24.1 Å². The fourth-order valence-corrected chi connectivity index (χ4v) is 1.99. The third kappa shape index (κ3) is 4.37. The van der Waals surface area contributed by atoms with Crippen LogP contribution in [0.1, 0.15) is 18.9 Å². The molecule has 21 heavy (non-hydrogen) atoms. The average Bonchev–Trinajstić information content (AvgIpc) is 2.46. The van der Waals surface area contributed by atoms with Gasteiger partial charge in [0.15, 0.2) is 6.61 Å². The summed E-state index contributed by atoms with van der Waals surface area (Å²) in [5.41, 5.74) is 1.75. The van der Waals surface area contributed by atoms with Gasteiger partial charge in [-0.1, -0.05) is 41.9 Å². The second kappa shape index (κ2) is 7.90. The van der Waals surface area contributed by atoms with Gasteiger partial charge in [-0.15, -0.1) is 0 Å². The molecule has 1 aromatic rings. The molecule has 1 N–H and O–H groups in total. The van der Waals surface area contributed by atoms with Crippen LogP contribution in [0.25, 0.3) is 0 Å². The van der Waals surface area contributed by atoms with E-state index in [9.17, 15) is 4.79 Å². The van der Waals surface area contributed by atoms with E-state index in [1.807, 2.05) is 6.92 Å². The minimum atomic E-state index is -1.10. The van der Waals surface area contributed by atoms with Crippen molar-refractivity contribution in [3.63, 3.8) is 0 Å². The van der Waals surface area contributed by atoms with Crippen molar-refractivity contribution >= 4 is 34.9 Å². The molecule has 0 aliphatic heterocycles. The molecule has 0 unspecified atom stereocenters. The highest BCUT2D eigenvalue weighted by atomic mass is 35.5. The van der Waals surface area contributed by atoms with E-state index in [2.05, 4.69) is 11.7 Å². The second-order valence-corrected chi connectivity index (χ2v) is 4.76. The van der Waals surface area contributed by atoms with Gasteiger partial charge in [-0.25, -0.2) is 4.79 Å². The Morgan fingerprint density at radius 1 is 1.38 bits per heavy atom. The van der Waals surface area contributed by atoms with Gasteiger partial charge >= 0.3 is 5.97 Å². The van der Waals surface area contributed by atoms with Gasteiger partial charge in [-0.3, -0.25) is 0 Å². The fraction of sp³-hybridized carbons (Fsp3) is 0.286. The molecule has 114 valence electrons. The summed E-state index contributed by atoms with van der Waals surface area (Å²) >= 11 is 12.3. The molecule has 0 radical (unpaired) electrons. The van der Waals surface area contributed by atoms with Gasteiger partial charge < -0.3 is 14.7 Å². The van der Waals surface area contributed by atoms with Gasteiger partial charge in [0.25, 0.3) is 0 Å². The Bertz CT molecular complexity index is 585. The van der Waals surface area contributed by atoms with Crippen LogP contribution in [-0.4, -0.2) is 30.5 Å². The largest absolute Gasteiger partial charge is 0.480 e. The lowest BCUT2D eigenvalue weighted by Crippen LogP contribution is -2.11. The van der Waals surface area contributed by atoms with Crippen molar-refractivity contribution in [2.24, 2.45) is 5.16 Å². The smallest absolute Gasteiger partial charge is 0.341 e. The van der Waals surface area contributed by atoms with Crippen LogP contribution in [0.5, 0.6) is 5.75 Å². The number of carboxylic acids is 1. The normalized spacial score (nSPS) is 11.1. The van der Waals surface area contributed by atoms with Crippen molar-refractivity contribution in [2.45, 2.75) is 13.3 Å². The molecule has 0 amide bonds. The number of carbonyl (C=O) groups is 1. The van der Waals surface area contributed by atoms with Crippen LogP contribution >= 0.6 is 23.2 Å². The van der Waals surface area contributed by atoms with Crippen LogP contribution < -0.4 is 4.74 Å². The summed E-state index contributed by atoms with van der Waals surface area (Å²) < 4.78 is 5.05. The summed E-state index contributed by atoms with van der Waals surface area (Å²) in [7, 11) is 1.42. The van der Waals surface area contributed by atoms with Crippen LogP contribution in [0.2, 0.25) is 10.0 Å². The molecule has 0 saturated carbocycles. The van der Waals surface area contributed by atoms with E-state index >= 15 is 0 Å². The number of benzene rings is 1. The molecule has 1 aromatic carbocycles. The van der Waals surface area contributed by atoms with Crippen molar-refractivity contribution in [1.29, 1.82) is 0 Å². The van der Waals surface area contributed by atoms with E-state index in [0.717, 1.165) is 5.57 Å². The van der Waals surface area contributed by atoms with Gasteiger partial charge in [0.1, 0.15) is 23.6 Å². The summed E-state index contributed by atoms with van der Waals surface area (Å²) in [6.45, 7) is 5.32. The highest BCUT2D eigenvalue weighted by Gasteiger charge is 2.17. The van der Waals surface area contributed by atoms with E-state index in [1.54, 1.807) is 6.07 Å². The van der Waals surface area contributed by atoms with Gasteiger partial charge in [0.05, 0.1) is 5.02 Å². The molecule has 1 rings (SSSR count). The Balaban J connectivity index is 3.21. The molecule has 0 saturated heterocycles. The van der Waals surface area contributed by atoms with Crippen molar-refractivity contribution < 1.29 is 19.5 Å². The number of rotatable bonds is 7. The first-order chi connectivity index (χ1) is 9.92. The number of hydrogen-bond acceptors (Lipinski definition) is 4. The first-order valence-electron chi connectivity index (χ1n) is 6.04. The molecular weight excluding hydrogens is 317 g/mol. The quantitative estimate of drug-likeness (QED) is 0.609. The Hall–Kier alpha value is -1.72. The monoisotopic (exact) mass is 331 g/mol. The summed E-state index contributed by atoms with van der Waals surface area (Å²) in [4.78, 5) is 15.3. The van der Waals surface area contributed by atoms with Crippen LogP contribution in [0.3, 0.4) is 0 Å². The number of aliphatic carboxylic acids is 1. The van der Waals surface area contributed by atoms with Crippen molar-refractivity contribution in [3.05, 3.63) is 39.9 Å². The molecule has 0 aromatic heterocycles. The Labute approximate surface area is 132 Å². The van der Waals surface area contributed by atoms with Crippen LogP contribution in [0.15, 0.2) is 29.4 Å². The predicted molar refractivity (Wildman–Crippen MR) is 82.6 cm³/mol. The second-order valence-electron chi connectivity index (χ2n) is 4.00. The average molecular weight is 332 g/mol. The number of carboxylic acid groups (broad SMARTS) is 1. The molecule has 5 nitrogen and oxygen atoms in total. The van der Waals surface area contributed by atoms with Crippen LogP contribution in [-0.2, 0) is 9.63 Å². The number of ether oxygens (including phenoxy) is 1. The highest BCUT2D eigenvalue weighted by molar-refractivity contribution is 6.45. The van der Waals surface area contributed by atoms with Crippen molar-refractivity contribution in [3.8, 4) is 5.75 Å². The summed E-state index contributed by atoms with van der Waals surface area (Å²) in [5, 5.41) is 12.8. The van der Waals surface area contributed by atoms with E-state index in [-0.39, 0.29) is 15.8 Å². The zero-order chi connectivity index (χ0) is 16.0. The lowest BCUT2D eigenvalue weighted by Gasteiger charge is -2.13. The fourth-order valence-electron chi connectivity index (χ4n) is 1.53. The van der Waals surface area contributed by atoms with Crippen molar-refractivity contribution in [2.75, 3.05) is 13.7 Å². The lowest BCUT2D eigenvalue weighted by atomic mass is 10.0. The van der Waals surface area contributed by atoms with Gasteiger partial charge in [0, 0.05) is 5.56 Å². The Morgan fingerprint density at radius 3 is 2.57 bits per heavy atom. The van der Waals surface area contributed by atoms with E-state index in [4.69, 9.17) is 37.9 Å². The lowest BCUT2D eigenvalue weighted by molar-refractivity contribution is -0.139. The number of oxime groups is 1. The first-order valence-corrected chi connectivity index (χ1v) is 6.80. The highest BCUT2D eigenvalue weighted by Crippen LogP contribution is 2.36. The number of hydrogen-bond donors (Lipinski definition) is 1. The summed E-state index contributed by atoms with van der Waals surface area (Å²) in [6.07, 6.45) is 0.660. The number of halogens is 2. The molecular formula is C14H15Cl2NO4. The summed E-state index contributed by atoms with van der Waals surface area (Å²) in [5.74, 6) is -0.918. The predicted octanol–water partition coefficient (Wildman–Crippen LogP) is 3.77. The number of allylic oxidation sites excluding steroid dienone is 1. The molecule has 0 spiro atoms. The molecule has 0 fully saturated rings. The zero-order valence-electron chi connectivity index (χ0n) is 11.7. The van der Waals surface area contributed by atoms with Gasteiger partial charge in [-0.2, -0.15) is 0 Å². The third-order valence-electron chi connectivity index (χ3n) is 2.60. The first kappa shape index (κ1) is 17.3. The SMILES string of the molecule is C=C(CC)/C(=N\OC)c1ccc(OCC(=O)O)c(Cl)c1Cl. The van der Waals surface area contributed by atoms with E-state index in [0.29, 0.717) is 17.7 Å². The maximum absolute atomic E-state index is 10.5. The molecule has 0 heterocycles. The third-order valence-corrected chi connectivity index (χ3v) is 3.46. The van der Waals surface area contributed by atoms with Crippen LogP contribution in [0.4, 0.5) is 0 Å². The zero-order valence-corrected chi connectivity index (χ0v) is 13.2. The minimum Gasteiger partial charge on any atom is -0.480 e. The van der Waals surface area contributed by atoms with Crippen molar-refractivity contribution in [1.82, 2.24) is 0 Å². The minimum absolute atomic E-state index is 0.114. The Kier molecular flexibility index (Phi) is 6.52. The topological polar surface area (TPSA) is 68.1 Å². The summed E-state index contributed by atoms with van der Waals surface area (Å²) in [6, 6.07) is 3.16. The molecule has 0 aliphatic carbocycles. The van der Waals surface area contributed by atoms with E-state index < -0.39 is 12.6 Å². The van der Waals surface area contributed by atoms with Crippen LogP contribution in [0, 0.1) is 0 Å². The number of nitrogens with zero attached hydrogens (tertiary/aromatic N) is 1. The molecule has 7 heteroatoms. The standard InChI is InChI=1S/C14H15Cl2NO4/c1-4-8(2)14(17-20-3)9-5-6-10(13(16)12(9)15)21-7-11(18)19/h5-6H,2,4,7H2,1,3H3,(H,18,19)/b17-14+. The molecule has 0 bridgehead atoms. The maximum atomic E-state index is 10.5. The molecule has 0 aliphatic rings. The molecule has 0 atom stereocenters. The van der Waals surface area contributed by atoms with Gasteiger partial charge in [0.2, 0.25) is 0 Å². The maximum Gasteiger partial charge on any atom is 0.341 e. The van der Waals surface area contributed by atoms with E-state index in [1.165, 1.54) is 13.2 Å². The Morgan fingerprint density at radius 2 is 2.05 bits per heavy atom.